The van der Waals surface area contributed by atoms with Gasteiger partial charge >= 0.3 is 0 Å². The van der Waals surface area contributed by atoms with Crippen LogP contribution in [0.2, 0.25) is 0 Å². The van der Waals surface area contributed by atoms with Crippen molar-refractivity contribution in [3.05, 3.63) is 60.2 Å². The van der Waals surface area contributed by atoms with Crippen LogP contribution in [0.1, 0.15) is 28.9 Å². The molecule has 1 amide bonds. The number of amides is 1. The Balaban J connectivity index is 1.44. The lowest BCUT2D eigenvalue weighted by Crippen LogP contribution is -2.45. The molecule has 2 aromatic heterocycles. The van der Waals surface area contributed by atoms with Gasteiger partial charge in [-0.05, 0) is 36.6 Å². The molecule has 0 unspecified atom stereocenters. The first-order valence-corrected chi connectivity index (χ1v) is 8.66. The number of hydrogen-bond donors (Lipinski definition) is 2. The Bertz CT molecular complexity index is 890. The van der Waals surface area contributed by atoms with Crippen molar-refractivity contribution in [2.45, 2.75) is 18.4 Å². The Morgan fingerprint density at radius 3 is 2.46 bits per heavy atom. The van der Waals surface area contributed by atoms with E-state index in [1.165, 1.54) is 0 Å². The first-order chi connectivity index (χ1) is 12.6. The van der Waals surface area contributed by atoms with E-state index in [2.05, 4.69) is 15.3 Å². The van der Waals surface area contributed by atoms with Gasteiger partial charge in [0.2, 0.25) is 0 Å². The topological polar surface area (TPSA) is 87.0 Å². The van der Waals surface area contributed by atoms with Crippen LogP contribution in [-0.2, 0) is 12.6 Å². The first kappa shape index (κ1) is 16.5. The minimum absolute atomic E-state index is 0.00389. The molecule has 3 heterocycles. The summed E-state index contributed by atoms with van der Waals surface area (Å²) in [5, 5.41) is 21.8. The maximum absolute atomic E-state index is 12.8. The Kier molecular flexibility index (Phi) is 4.08. The summed E-state index contributed by atoms with van der Waals surface area (Å²) in [4.78, 5) is 14.6. The van der Waals surface area contributed by atoms with Crippen molar-refractivity contribution in [3.63, 3.8) is 0 Å². The number of carbonyl (C=O) groups excluding carboxylic acids is 1. The summed E-state index contributed by atoms with van der Waals surface area (Å²) < 4.78 is 1.70. The third kappa shape index (κ3) is 2.90. The van der Waals surface area contributed by atoms with Crippen molar-refractivity contribution in [2.75, 3.05) is 13.1 Å². The van der Waals surface area contributed by atoms with Gasteiger partial charge in [0.05, 0.1) is 11.9 Å². The molecule has 0 aliphatic carbocycles. The molecule has 0 saturated carbocycles. The highest BCUT2D eigenvalue weighted by Crippen LogP contribution is 2.32. The third-order valence-electron chi connectivity index (χ3n) is 5.14. The van der Waals surface area contributed by atoms with Gasteiger partial charge in [-0.25, -0.2) is 0 Å². The third-order valence-corrected chi connectivity index (χ3v) is 5.14. The molecule has 134 valence electrons. The normalized spacial score (nSPS) is 16.6. The zero-order valence-corrected chi connectivity index (χ0v) is 14.6. The summed E-state index contributed by atoms with van der Waals surface area (Å²) in [5.74, 6) is -0.00389. The lowest BCUT2D eigenvalue weighted by molar-refractivity contribution is -0.0270. The predicted molar refractivity (Wildman–Crippen MR) is 96.3 cm³/mol. The van der Waals surface area contributed by atoms with Gasteiger partial charge in [-0.1, -0.05) is 12.1 Å². The molecule has 4 rings (SSSR count). The smallest absolute Gasteiger partial charge is 0.253 e. The second kappa shape index (κ2) is 6.42. The van der Waals surface area contributed by atoms with Crippen molar-refractivity contribution >= 4 is 5.91 Å². The average molecular weight is 351 g/mol. The molecular formula is C19H21N5O2. The summed E-state index contributed by atoms with van der Waals surface area (Å²) in [6.07, 6.45) is 6.27. The standard InChI is InChI=1S/C19H21N5O2/c1-23-17(6-9-22-23)19(26)7-10-24(11-8-19)18(25)15-4-2-14(3-5-15)16-12-20-21-13-16/h2-6,9,12-13,26H,7-8,10-11H2,1H3,(H,20,21). The van der Waals surface area contributed by atoms with Crippen LogP contribution in [0.25, 0.3) is 11.1 Å². The fourth-order valence-electron chi connectivity index (χ4n) is 3.56. The number of hydrogen-bond acceptors (Lipinski definition) is 4. The fraction of sp³-hybridized carbons (Fsp3) is 0.316. The molecule has 1 fully saturated rings. The van der Waals surface area contributed by atoms with E-state index in [1.54, 1.807) is 22.0 Å². The monoisotopic (exact) mass is 351 g/mol. The molecule has 0 radical (unpaired) electrons. The summed E-state index contributed by atoms with van der Waals surface area (Å²) in [6.45, 7) is 1.04. The summed E-state index contributed by atoms with van der Waals surface area (Å²) >= 11 is 0. The van der Waals surface area contributed by atoms with Crippen molar-refractivity contribution < 1.29 is 9.90 Å². The quantitative estimate of drug-likeness (QED) is 0.755. The molecule has 26 heavy (non-hydrogen) atoms. The number of aromatic nitrogens is 4. The first-order valence-electron chi connectivity index (χ1n) is 8.66. The minimum Gasteiger partial charge on any atom is -0.383 e. The molecular weight excluding hydrogens is 330 g/mol. The average Bonchev–Trinajstić information content (AvgIpc) is 3.34. The molecule has 1 aliphatic rings. The Morgan fingerprint density at radius 1 is 1.15 bits per heavy atom. The Labute approximate surface area is 151 Å². The van der Waals surface area contributed by atoms with Crippen LogP contribution in [0.3, 0.4) is 0 Å². The van der Waals surface area contributed by atoms with E-state index in [4.69, 9.17) is 0 Å². The summed E-state index contributed by atoms with van der Waals surface area (Å²) in [5.41, 5.74) is 2.53. The highest BCUT2D eigenvalue weighted by atomic mass is 16.3. The van der Waals surface area contributed by atoms with Gasteiger partial charge in [-0.3, -0.25) is 14.6 Å². The number of carbonyl (C=O) groups is 1. The van der Waals surface area contributed by atoms with Gasteiger partial charge in [0.1, 0.15) is 5.60 Å². The number of piperidine rings is 1. The number of nitrogens with one attached hydrogen (secondary N) is 1. The Morgan fingerprint density at radius 2 is 1.88 bits per heavy atom. The van der Waals surface area contributed by atoms with Crippen LogP contribution in [-0.4, -0.2) is 49.0 Å². The van der Waals surface area contributed by atoms with Gasteiger partial charge in [0.15, 0.2) is 0 Å². The van der Waals surface area contributed by atoms with E-state index in [9.17, 15) is 9.90 Å². The molecule has 2 N–H and O–H groups in total. The maximum atomic E-state index is 12.8. The number of likely N-dealkylation sites (tertiary alicyclic amines) is 1. The SMILES string of the molecule is Cn1nccc1C1(O)CCN(C(=O)c2ccc(-c3cn[nH]c3)cc2)CC1. The highest BCUT2D eigenvalue weighted by Gasteiger charge is 2.37. The van der Waals surface area contributed by atoms with E-state index in [0.717, 1.165) is 16.8 Å². The van der Waals surface area contributed by atoms with Crippen LogP contribution in [0.5, 0.6) is 0 Å². The van der Waals surface area contributed by atoms with Gasteiger partial charge < -0.3 is 10.0 Å². The number of nitrogens with zero attached hydrogens (tertiary/aromatic N) is 4. The number of aliphatic hydroxyl groups is 1. The molecule has 1 saturated heterocycles. The van der Waals surface area contributed by atoms with Crippen molar-refractivity contribution in [1.29, 1.82) is 0 Å². The number of benzene rings is 1. The van der Waals surface area contributed by atoms with Crippen LogP contribution in [0.15, 0.2) is 48.9 Å². The molecule has 1 aromatic carbocycles. The van der Waals surface area contributed by atoms with Crippen molar-refractivity contribution in [1.82, 2.24) is 24.9 Å². The van der Waals surface area contributed by atoms with Gasteiger partial charge in [0.25, 0.3) is 5.91 Å². The number of aromatic amines is 1. The maximum Gasteiger partial charge on any atom is 0.253 e. The molecule has 1 aliphatic heterocycles. The van der Waals surface area contributed by atoms with Gasteiger partial charge in [0, 0.05) is 43.7 Å². The van der Waals surface area contributed by atoms with Crippen LogP contribution >= 0.6 is 0 Å². The van der Waals surface area contributed by atoms with Crippen LogP contribution in [0, 0.1) is 0 Å². The second-order valence-corrected chi connectivity index (χ2v) is 6.73. The molecule has 3 aromatic rings. The number of rotatable bonds is 3. The Hall–Kier alpha value is -2.93. The highest BCUT2D eigenvalue weighted by molar-refractivity contribution is 5.94. The van der Waals surface area contributed by atoms with E-state index >= 15 is 0 Å². The molecule has 7 nitrogen and oxygen atoms in total. The largest absolute Gasteiger partial charge is 0.383 e. The lowest BCUT2D eigenvalue weighted by Gasteiger charge is -2.38. The predicted octanol–water partition coefficient (Wildman–Crippen LogP) is 1.93. The van der Waals surface area contributed by atoms with Gasteiger partial charge in [-0.2, -0.15) is 10.2 Å². The van der Waals surface area contributed by atoms with Crippen molar-refractivity contribution in [2.24, 2.45) is 7.05 Å². The summed E-state index contributed by atoms with van der Waals surface area (Å²) in [7, 11) is 1.83. The van der Waals surface area contributed by atoms with E-state index in [0.29, 0.717) is 31.5 Å². The van der Waals surface area contributed by atoms with Gasteiger partial charge in [-0.15, -0.1) is 0 Å². The van der Waals surface area contributed by atoms with E-state index in [1.807, 2.05) is 43.6 Å². The molecule has 0 bridgehead atoms. The molecule has 0 spiro atoms. The zero-order valence-electron chi connectivity index (χ0n) is 14.6. The second-order valence-electron chi connectivity index (χ2n) is 6.73. The van der Waals surface area contributed by atoms with E-state index < -0.39 is 5.60 Å². The summed E-state index contributed by atoms with van der Waals surface area (Å²) in [6, 6.07) is 9.37. The zero-order chi connectivity index (χ0) is 18.1. The molecule has 7 heteroatoms. The fourth-order valence-corrected chi connectivity index (χ4v) is 3.56. The number of H-pyrrole nitrogens is 1. The molecule has 0 atom stereocenters. The van der Waals surface area contributed by atoms with Crippen LogP contribution in [0.4, 0.5) is 0 Å². The van der Waals surface area contributed by atoms with Crippen molar-refractivity contribution in [3.8, 4) is 11.1 Å². The van der Waals surface area contributed by atoms with Crippen LogP contribution < -0.4 is 0 Å². The number of aryl methyl sites for hydroxylation is 1. The van der Waals surface area contributed by atoms with E-state index in [-0.39, 0.29) is 5.91 Å². The lowest BCUT2D eigenvalue weighted by atomic mass is 9.88. The minimum atomic E-state index is -0.923.